The van der Waals surface area contributed by atoms with E-state index in [2.05, 4.69) is 29.3 Å². The van der Waals surface area contributed by atoms with Crippen LogP contribution < -0.4 is 15.1 Å². The highest BCUT2D eigenvalue weighted by molar-refractivity contribution is 7.99. The number of thioether (sulfide) groups is 1. The van der Waals surface area contributed by atoms with Crippen molar-refractivity contribution in [2.45, 2.75) is 31.1 Å². The van der Waals surface area contributed by atoms with Gasteiger partial charge in [0.25, 0.3) is 0 Å². The number of hydrogen-bond acceptors (Lipinski definition) is 4. The number of para-hydroxylation sites is 2. The van der Waals surface area contributed by atoms with Crippen LogP contribution in [-0.4, -0.2) is 43.7 Å². The molecule has 29 heavy (non-hydrogen) atoms. The number of fused-ring (bicyclic) bond motifs is 1. The number of nitrogens with zero attached hydrogens (tertiary/aromatic N) is 2. The molecule has 2 amide bonds. The summed E-state index contributed by atoms with van der Waals surface area (Å²) in [5.74, 6) is 0.861. The molecule has 0 aromatic heterocycles. The molecule has 6 heteroatoms. The fourth-order valence-corrected chi connectivity index (χ4v) is 4.47. The lowest BCUT2D eigenvalue weighted by molar-refractivity contribution is -0.125. The molecule has 1 heterocycles. The van der Waals surface area contributed by atoms with Crippen LogP contribution in [0.15, 0.2) is 59.5 Å². The van der Waals surface area contributed by atoms with Crippen LogP contribution in [-0.2, 0) is 9.59 Å². The zero-order valence-corrected chi connectivity index (χ0v) is 17.8. The second-order valence-corrected chi connectivity index (χ2v) is 8.12. The Balaban J connectivity index is 1.38. The Morgan fingerprint density at radius 2 is 1.83 bits per heavy atom. The molecule has 1 N–H and O–H groups in total. The van der Waals surface area contributed by atoms with E-state index in [1.165, 1.54) is 5.69 Å². The maximum atomic E-state index is 12.6. The number of carbonyl (C=O) groups excluding carboxylic acids is 2. The van der Waals surface area contributed by atoms with E-state index in [1.807, 2.05) is 47.4 Å². The van der Waals surface area contributed by atoms with Crippen LogP contribution in [0.1, 0.15) is 26.2 Å². The molecular formula is C23H29N3O2S. The summed E-state index contributed by atoms with van der Waals surface area (Å²) < 4.78 is 0. The molecule has 0 radical (unpaired) electrons. The van der Waals surface area contributed by atoms with E-state index in [0.29, 0.717) is 13.1 Å². The Labute approximate surface area is 177 Å². The topological polar surface area (TPSA) is 52.7 Å². The number of nitrogens with one attached hydrogen (secondary N) is 1. The van der Waals surface area contributed by atoms with Gasteiger partial charge in [0.05, 0.1) is 5.69 Å². The Hall–Kier alpha value is -2.47. The van der Waals surface area contributed by atoms with Gasteiger partial charge in [-0.15, -0.1) is 11.8 Å². The molecule has 0 saturated carbocycles. The van der Waals surface area contributed by atoms with E-state index in [0.717, 1.165) is 35.8 Å². The van der Waals surface area contributed by atoms with E-state index in [4.69, 9.17) is 0 Å². The van der Waals surface area contributed by atoms with Crippen LogP contribution in [0, 0.1) is 0 Å². The van der Waals surface area contributed by atoms with Crippen molar-refractivity contribution < 1.29 is 9.59 Å². The minimum absolute atomic E-state index is 0.0223. The molecule has 0 aliphatic carbocycles. The summed E-state index contributed by atoms with van der Waals surface area (Å²) in [5.41, 5.74) is 2.17. The lowest BCUT2D eigenvalue weighted by Crippen LogP contribution is -2.36. The number of rotatable bonds is 9. The summed E-state index contributed by atoms with van der Waals surface area (Å²) in [6.07, 6.45) is 1.36. The molecule has 1 aliphatic heterocycles. The first-order valence-electron chi connectivity index (χ1n) is 10.3. The van der Waals surface area contributed by atoms with Gasteiger partial charge in [0.2, 0.25) is 11.8 Å². The molecule has 0 bridgehead atoms. The maximum absolute atomic E-state index is 12.6. The van der Waals surface area contributed by atoms with Crippen molar-refractivity contribution >= 4 is 35.0 Å². The number of amides is 2. The smallest absolute Gasteiger partial charge is 0.227 e. The van der Waals surface area contributed by atoms with Gasteiger partial charge < -0.3 is 15.1 Å². The molecular weight excluding hydrogens is 382 g/mol. The highest BCUT2D eigenvalue weighted by Gasteiger charge is 2.22. The molecule has 154 valence electrons. The summed E-state index contributed by atoms with van der Waals surface area (Å²) in [5, 5.41) is 2.95. The average molecular weight is 412 g/mol. The predicted octanol–water partition coefficient (Wildman–Crippen LogP) is 3.94. The second kappa shape index (κ2) is 10.9. The van der Waals surface area contributed by atoms with E-state index in [1.54, 1.807) is 11.8 Å². The van der Waals surface area contributed by atoms with Crippen molar-refractivity contribution in [3.8, 4) is 0 Å². The monoisotopic (exact) mass is 411 g/mol. The predicted molar refractivity (Wildman–Crippen MR) is 121 cm³/mol. The lowest BCUT2D eigenvalue weighted by Gasteiger charge is -2.29. The molecule has 2 aromatic rings. The first-order valence-corrected chi connectivity index (χ1v) is 11.3. The third-order valence-electron chi connectivity index (χ3n) is 5.03. The fourth-order valence-electron chi connectivity index (χ4n) is 3.48. The molecule has 0 atom stereocenters. The van der Waals surface area contributed by atoms with Crippen molar-refractivity contribution in [2.24, 2.45) is 0 Å². The fraction of sp³-hybridized carbons (Fsp3) is 0.391. The van der Waals surface area contributed by atoms with E-state index in [-0.39, 0.29) is 24.7 Å². The van der Waals surface area contributed by atoms with Gasteiger partial charge in [-0.3, -0.25) is 9.59 Å². The van der Waals surface area contributed by atoms with Crippen LogP contribution in [0.25, 0.3) is 0 Å². The summed E-state index contributed by atoms with van der Waals surface area (Å²) in [7, 11) is 0. The van der Waals surface area contributed by atoms with Gasteiger partial charge >= 0.3 is 0 Å². The standard InChI is InChI=1S/C23H29N3O2S/c1-2-25(19-9-4-3-5-10-19)16-8-15-24-22(27)13-14-23(28)26-17-18-29-21-12-7-6-11-20(21)26/h3-7,9-12H,2,8,13-18H2,1H3,(H,24,27). The summed E-state index contributed by atoms with van der Waals surface area (Å²) in [6.45, 7) is 5.28. The number of hydrogen-bond donors (Lipinski definition) is 1. The third-order valence-corrected chi connectivity index (χ3v) is 6.07. The third kappa shape index (κ3) is 6.00. The highest BCUT2D eigenvalue weighted by atomic mass is 32.2. The van der Waals surface area contributed by atoms with Gasteiger partial charge in [-0.25, -0.2) is 0 Å². The van der Waals surface area contributed by atoms with Crippen molar-refractivity contribution in [1.82, 2.24) is 5.32 Å². The molecule has 1 aliphatic rings. The highest BCUT2D eigenvalue weighted by Crippen LogP contribution is 2.34. The van der Waals surface area contributed by atoms with E-state index in [9.17, 15) is 9.59 Å². The molecule has 0 unspecified atom stereocenters. The van der Waals surface area contributed by atoms with Crippen LogP contribution in [0.3, 0.4) is 0 Å². The van der Waals surface area contributed by atoms with Gasteiger partial charge in [0, 0.05) is 55.4 Å². The second-order valence-electron chi connectivity index (χ2n) is 6.98. The normalized spacial score (nSPS) is 12.9. The van der Waals surface area contributed by atoms with Crippen LogP contribution in [0.5, 0.6) is 0 Å². The number of carbonyl (C=O) groups is 2. The summed E-state index contributed by atoms with van der Waals surface area (Å²) >= 11 is 1.77. The minimum Gasteiger partial charge on any atom is -0.372 e. The van der Waals surface area contributed by atoms with Crippen molar-refractivity contribution in [2.75, 3.05) is 41.7 Å². The molecule has 2 aromatic carbocycles. The first-order chi connectivity index (χ1) is 14.2. The molecule has 0 saturated heterocycles. The number of benzene rings is 2. The molecule has 3 rings (SSSR count). The molecule has 5 nitrogen and oxygen atoms in total. The Kier molecular flexibility index (Phi) is 7.99. The Morgan fingerprint density at radius 1 is 1.07 bits per heavy atom. The maximum Gasteiger partial charge on any atom is 0.227 e. The van der Waals surface area contributed by atoms with Gasteiger partial charge in [-0.2, -0.15) is 0 Å². The lowest BCUT2D eigenvalue weighted by atomic mass is 10.2. The Bertz CT molecular complexity index is 813. The van der Waals surface area contributed by atoms with Crippen molar-refractivity contribution in [3.05, 3.63) is 54.6 Å². The van der Waals surface area contributed by atoms with Gasteiger partial charge in [0.15, 0.2) is 0 Å². The van der Waals surface area contributed by atoms with Gasteiger partial charge in [-0.05, 0) is 37.6 Å². The minimum atomic E-state index is -0.0548. The molecule has 0 fully saturated rings. The van der Waals surface area contributed by atoms with Crippen molar-refractivity contribution in [1.29, 1.82) is 0 Å². The SMILES string of the molecule is CCN(CCCNC(=O)CCC(=O)N1CCSc2ccccc21)c1ccccc1. The summed E-state index contributed by atoms with van der Waals surface area (Å²) in [6, 6.07) is 18.3. The average Bonchev–Trinajstić information content (AvgIpc) is 2.77. The quantitative estimate of drug-likeness (QED) is 0.635. The molecule has 0 spiro atoms. The first kappa shape index (κ1) is 21.2. The van der Waals surface area contributed by atoms with Crippen molar-refractivity contribution in [3.63, 3.8) is 0 Å². The van der Waals surface area contributed by atoms with E-state index >= 15 is 0 Å². The van der Waals surface area contributed by atoms with Crippen LogP contribution in [0.2, 0.25) is 0 Å². The van der Waals surface area contributed by atoms with Gasteiger partial charge in [0.1, 0.15) is 0 Å². The summed E-state index contributed by atoms with van der Waals surface area (Å²) in [4.78, 5) is 30.0. The number of anilines is 2. The van der Waals surface area contributed by atoms with E-state index < -0.39 is 0 Å². The Morgan fingerprint density at radius 3 is 2.62 bits per heavy atom. The van der Waals surface area contributed by atoms with Crippen LogP contribution in [0.4, 0.5) is 11.4 Å². The van der Waals surface area contributed by atoms with Gasteiger partial charge in [-0.1, -0.05) is 30.3 Å². The largest absolute Gasteiger partial charge is 0.372 e. The zero-order valence-electron chi connectivity index (χ0n) is 17.0. The van der Waals surface area contributed by atoms with Crippen LogP contribution >= 0.6 is 11.8 Å². The zero-order chi connectivity index (χ0) is 20.5.